The topological polar surface area (TPSA) is 114 Å². The number of hydrogen-bond donors (Lipinski definition) is 2. The number of carbonyl (C=O) groups is 4. The van der Waals surface area contributed by atoms with Crippen LogP contribution < -0.4 is 10.6 Å². The number of carbonyl (C=O) groups excluding carboxylic acids is 4. The number of amides is 3. The van der Waals surface area contributed by atoms with E-state index in [1.807, 2.05) is 83.1 Å². The number of hydrogen-bond acceptors (Lipinski definition) is 6. The number of nitrogens with zero attached hydrogens (tertiary/aromatic N) is 1. The van der Waals surface area contributed by atoms with E-state index in [2.05, 4.69) is 10.6 Å². The Labute approximate surface area is 250 Å². The first-order valence-electron chi connectivity index (χ1n) is 14.4. The molecule has 0 aromatic heterocycles. The van der Waals surface area contributed by atoms with E-state index in [4.69, 9.17) is 9.47 Å². The Balaban J connectivity index is 2.57. The lowest BCUT2D eigenvalue weighted by atomic mass is 9.92. The highest BCUT2D eigenvalue weighted by Crippen LogP contribution is 2.31. The van der Waals surface area contributed by atoms with E-state index in [-0.39, 0.29) is 26.0 Å². The lowest BCUT2D eigenvalue weighted by Gasteiger charge is -2.43. The minimum Gasteiger partial charge on any atom is -0.466 e. The summed E-state index contributed by atoms with van der Waals surface area (Å²) >= 11 is 0. The number of alkyl carbamates (subject to hydrolysis) is 1. The molecule has 0 aliphatic rings. The van der Waals surface area contributed by atoms with Crippen LogP contribution in [0.3, 0.4) is 0 Å². The Bertz CT molecular complexity index is 1230. The molecule has 0 radical (unpaired) electrons. The summed E-state index contributed by atoms with van der Waals surface area (Å²) in [5, 5.41) is 5.59. The van der Waals surface area contributed by atoms with Crippen LogP contribution in [0.1, 0.15) is 83.2 Å². The molecular formula is C33H47N3O6. The Morgan fingerprint density at radius 2 is 1.55 bits per heavy atom. The van der Waals surface area contributed by atoms with Gasteiger partial charge >= 0.3 is 12.1 Å². The lowest BCUT2D eigenvalue weighted by molar-refractivity contribution is -0.149. The second kappa shape index (κ2) is 14.8. The predicted octanol–water partition coefficient (Wildman–Crippen LogP) is 5.18. The van der Waals surface area contributed by atoms with Crippen molar-refractivity contribution in [2.75, 3.05) is 13.2 Å². The van der Waals surface area contributed by atoms with E-state index in [9.17, 15) is 19.2 Å². The molecule has 2 N–H and O–H groups in total. The van der Waals surface area contributed by atoms with Gasteiger partial charge in [0.2, 0.25) is 11.8 Å². The third kappa shape index (κ3) is 10.5. The van der Waals surface area contributed by atoms with Crippen molar-refractivity contribution in [1.29, 1.82) is 0 Å². The monoisotopic (exact) mass is 581 g/mol. The molecule has 0 spiro atoms. The van der Waals surface area contributed by atoms with Crippen molar-refractivity contribution in [3.8, 4) is 0 Å². The fourth-order valence-electron chi connectivity index (χ4n) is 4.48. The Kier molecular flexibility index (Phi) is 12.1. The van der Waals surface area contributed by atoms with Crippen LogP contribution in [-0.2, 0) is 30.3 Å². The van der Waals surface area contributed by atoms with E-state index in [0.717, 1.165) is 16.7 Å². The van der Waals surface area contributed by atoms with Crippen molar-refractivity contribution in [1.82, 2.24) is 15.5 Å². The Morgan fingerprint density at radius 1 is 0.905 bits per heavy atom. The van der Waals surface area contributed by atoms with E-state index in [1.165, 1.54) is 4.90 Å². The summed E-state index contributed by atoms with van der Waals surface area (Å²) in [6.07, 6.45) is -0.540. The number of esters is 1. The van der Waals surface area contributed by atoms with E-state index in [1.54, 1.807) is 27.7 Å². The molecule has 2 aromatic rings. The third-order valence-electron chi connectivity index (χ3n) is 6.52. The molecule has 3 amide bonds. The maximum Gasteiger partial charge on any atom is 0.408 e. The molecule has 0 aliphatic carbocycles. The first-order chi connectivity index (χ1) is 19.5. The molecule has 9 nitrogen and oxygen atoms in total. The van der Waals surface area contributed by atoms with Crippen molar-refractivity contribution in [2.45, 2.75) is 98.4 Å². The summed E-state index contributed by atoms with van der Waals surface area (Å²) in [4.78, 5) is 54.8. The van der Waals surface area contributed by atoms with Gasteiger partial charge in [-0.3, -0.25) is 14.4 Å². The molecule has 230 valence electrons. The summed E-state index contributed by atoms with van der Waals surface area (Å²) < 4.78 is 10.5. The molecule has 2 atom stereocenters. The molecule has 0 saturated carbocycles. The van der Waals surface area contributed by atoms with Crippen LogP contribution in [0.2, 0.25) is 0 Å². The highest BCUT2D eigenvalue weighted by Gasteiger charge is 2.42. The zero-order chi connectivity index (χ0) is 31.7. The number of nitrogens with one attached hydrogen (secondary N) is 2. The Morgan fingerprint density at radius 3 is 2.10 bits per heavy atom. The van der Waals surface area contributed by atoms with Crippen LogP contribution >= 0.6 is 0 Å². The van der Waals surface area contributed by atoms with Crippen LogP contribution in [0.5, 0.6) is 0 Å². The summed E-state index contributed by atoms with van der Waals surface area (Å²) in [5.41, 5.74) is 1.85. The van der Waals surface area contributed by atoms with Gasteiger partial charge in [0.15, 0.2) is 0 Å². The fourth-order valence-corrected chi connectivity index (χ4v) is 4.48. The van der Waals surface area contributed by atoms with E-state index < -0.39 is 47.1 Å². The highest BCUT2D eigenvalue weighted by molar-refractivity contribution is 5.93. The van der Waals surface area contributed by atoms with Crippen LogP contribution in [-0.4, -0.2) is 59.1 Å². The standard InChI is InChI=1S/C33H47N3O6/c1-10-41-27(37)18-19-34-29(38)28(25-17-16-22(2)23(3)20-25)36(32(4,5)6)30(39)26(21-24-14-12-11-13-15-24)35-31(40)42-33(7,8)9/h11-17,20,26,28H,10,18-19,21H2,1-9H3,(H,34,38)(H,35,40). The third-order valence-corrected chi connectivity index (χ3v) is 6.52. The average Bonchev–Trinajstić information content (AvgIpc) is 2.87. The van der Waals surface area contributed by atoms with Crippen LogP contribution in [0, 0.1) is 13.8 Å². The maximum absolute atomic E-state index is 14.5. The molecule has 0 aliphatic heterocycles. The minimum absolute atomic E-state index is 0.000475. The molecule has 0 saturated heterocycles. The van der Waals surface area contributed by atoms with Gasteiger partial charge in [-0.15, -0.1) is 0 Å². The van der Waals surface area contributed by atoms with Crippen LogP contribution in [0.15, 0.2) is 48.5 Å². The summed E-state index contributed by atoms with van der Waals surface area (Å²) in [7, 11) is 0. The van der Waals surface area contributed by atoms with Crippen molar-refractivity contribution in [2.24, 2.45) is 0 Å². The van der Waals surface area contributed by atoms with Gasteiger partial charge in [0, 0.05) is 18.5 Å². The quantitative estimate of drug-likeness (QED) is 0.354. The van der Waals surface area contributed by atoms with Gasteiger partial charge < -0.3 is 25.0 Å². The van der Waals surface area contributed by atoms with Crippen molar-refractivity contribution in [3.63, 3.8) is 0 Å². The zero-order valence-corrected chi connectivity index (χ0v) is 26.5. The molecule has 2 rings (SSSR count). The van der Waals surface area contributed by atoms with Gasteiger partial charge in [0.1, 0.15) is 17.7 Å². The number of rotatable bonds is 11. The van der Waals surface area contributed by atoms with Gasteiger partial charge in [-0.25, -0.2) is 4.79 Å². The Hall–Kier alpha value is -3.88. The normalized spacial score (nSPS) is 13.0. The smallest absolute Gasteiger partial charge is 0.408 e. The van der Waals surface area contributed by atoms with Crippen LogP contribution in [0.25, 0.3) is 0 Å². The molecular weight excluding hydrogens is 534 g/mol. The molecule has 2 aromatic carbocycles. The van der Waals surface area contributed by atoms with Crippen molar-refractivity contribution in [3.05, 3.63) is 70.8 Å². The second-order valence-electron chi connectivity index (χ2n) is 12.4. The van der Waals surface area contributed by atoms with E-state index >= 15 is 0 Å². The van der Waals surface area contributed by atoms with Gasteiger partial charge in [0.05, 0.1) is 13.0 Å². The zero-order valence-electron chi connectivity index (χ0n) is 26.5. The van der Waals surface area contributed by atoms with Crippen molar-refractivity contribution < 1.29 is 28.7 Å². The molecule has 2 unspecified atom stereocenters. The fraction of sp³-hybridized carbons (Fsp3) is 0.515. The van der Waals surface area contributed by atoms with Gasteiger partial charge in [0.25, 0.3) is 0 Å². The molecule has 0 bridgehead atoms. The second-order valence-corrected chi connectivity index (χ2v) is 12.4. The van der Waals surface area contributed by atoms with Crippen LogP contribution in [0.4, 0.5) is 4.79 Å². The molecule has 42 heavy (non-hydrogen) atoms. The lowest BCUT2D eigenvalue weighted by Crippen LogP contribution is -2.59. The van der Waals surface area contributed by atoms with Crippen molar-refractivity contribution >= 4 is 23.9 Å². The predicted molar refractivity (Wildman–Crippen MR) is 163 cm³/mol. The molecule has 9 heteroatoms. The van der Waals surface area contributed by atoms with Gasteiger partial charge in [-0.05, 0) is 84.6 Å². The van der Waals surface area contributed by atoms with Gasteiger partial charge in [-0.1, -0.05) is 48.5 Å². The first-order valence-corrected chi connectivity index (χ1v) is 14.4. The minimum atomic E-state index is -1.04. The summed E-state index contributed by atoms with van der Waals surface area (Å²) in [6.45, 7) is 16.7. The largest absolute Gasteiger partial charge is 0.466 e. The highest BCUT2D eigenvalue weighted by atomic mass is 16.6. The molecule has 0 fully saturated rings. The molecule has 0 heterocycles. The average molecular weight is 582 g/mol. The number of aryl methyl sites for hydroxylation is 2. The first kappa shape index (κ1) is 34.3. The number of ether oxygens (including phenoxy) is 2. The summed E-state index contributed by atoms with van der Waals surface area (Å²) in [5.74, 6) is -1.31. The SMILES string of the molecule is CCOC(=O)CCNC(=O)C(c1ccc(C)c(C)c1)N(C(=O)C(Cc1ccccc1)NC(=O)OC(C)(C)C)C(C)(C)C. The maximum atomic E-state index is 14.5. The van der Waals surface area contributed by atoms with Gasteiger partial charge in [-0.2, -0.15) is 0 Å². The summed E-state index contributed by atoms with van der Waals surface area (Å²) in [6, 6.07) is 12.9. The van der Waals surface area contributed by atoms with E-state index in [0.29, 0.717) is 5.56 Å². The number of benzene rings is 2.